The first-order chi connectivity index (χ1) is 12.3. The van der Waals surface area contributed by atoms with Crippen molar-refractivity contribution in [2.24, 2.45) is 7.05 Å². The molecule has 1 aromatic heterocycles. The lowest BCUT2D eigenvalue weighted by Gasteiger charge is -2.45. The molecule has 0 radical (unpaired) electrons. The second kappa shape index (κ2) is 7.65. The van der Waals surface area contributed by atoms with Crippen molar-refractivity contribution in [3.63, 3.8) is 0 Å². The number of aryl methyl sites for hydroxylation is 1. The summed E-state index contributed by atoms with van der Waals surface area (Å²) in [4.78, 5) is 27.9. The number of amides is 1. The number of hydrogen-bond acceptors (Lipinski definition) is 5. The van der Waals surface area contributed by atoms with Crippen molar-refractivity contribution in [2.75, 3.05) is 36.9 Å². The number of rotatable bonds is 5. The highest BCUT2D eigenvalue weighted by Gasteiger charge is 2.31. The summed E-state index contributed by atoms with van der Waals surface area (Å²) in [6.45, 7) is 1.72. The molecule has 1 fully saturated rings. The van der Waals surface area contributed by atoms with E-state index in [0.717, 1.165) is 18.8 Å². The van der Waals surface area contributed by atoms with Crippen molar-refractivity contribution >= 4 is 40.5 Å². The molecule has 1 aromatic carbocycles. The number of nitrogens with one attached hydrogen (secondary N) is 1. The van der Waals surface area contributed by atoms with Crippen LogP contribution in [0.4, 0.5) is 11.4 Å². The summed E-state index contributed by atoms with van der Waals surface area (Å²) in [6.07, 6.45) is 1.67. The van der Waals surface area contributed by atoms with Crippen LogP contribution < -0.4 is 15.8 Å². The van der Waals surface area contributed by atoms with E-state index in [-0.39, 0.29) is 24.1 Å². The van der Waals surface area contributed by atoms with E-state index in [1.165, 1.54) is 4.68 Å². The Hall–Kier alpha value is -2.09. The summed E-state index contributed by atoms with van der Waals surface area (Å²) >= 11 is 11.9. The van der Waals surface area contributed by atoms with Crippen molar-refractivity contribution in [1.82, 2.24) is 14.7 Å². The third kappa shape index (κ3) is 4.35. The Morgan fingerprint density at radius 1 is 1.27 bits per heavy atom. The topological polar surface area (TPSA) is 70.5 Å². The van der Waals surface area contributed by atoms with Gasteiger partial charge in [-0.3, -0.25) is 14.5 Å². The van der Waals surface area contributed by atoms with Crippen LogP contribution >= 0.6 is 23.2 Å². The van der Waals surface area contributed by atoms with E-state index in [1.807, 2.05) is 11.9 Å². The average molecular weight is 396 g/mol. The monoisotopic (exact) mass is 395 g/mol. The molecule has 9 heteroatoms. The highest BCUT2D eigenvalue weighted by molar-refractivity contribution is 6.35. The lowest BCUT2D eigenvalue weighted by molar-refractivity contribution is -0.117. The number of anilines is 2. The van der Waals surface area contributed by atoms with Gasteiger partial charge in [0.25, 0.3) is 5.56 Å². The minimum Gasteiger partial charge on any atom is -0.367 e. The summed E-state index contributed by atoms with van der Waals surface area (Å²) in [5, 5.41) is 7.76. The van der Waals surface area contributed by atoms with Crippen molar-refractivity contribution in [3.8, 4) is 0 Å². The molecule has 0 unspecified atom stereocenters. The van der Waals surface area contributed by atoms with Crippen LogP contribution in [0.15, 0.2) is 35.3 Å². The van der Waals surface area contributed by atoms with Crippen LogP contribution in [-0.4, -0.2) is 53.3 Å². The number of hydrogen-bond donors (Lipinski definition) is 1. The number of halogens is 2. The first-order valence-electron chi connectivity index (χ1n) is 8.06. The molecule has 1 aliphatic rings. The van der Waals surface area contributed by atoms with E-state index in [0.29, 0.717) is 15.7 Å². The quantitative estimate of drug-likeness (QED) is 0.836. The molecule has 0 aliphatic carbocycles. The standard InChI is InChI=1S/C17H19Cl2N5O2/c1-22(10-16(25)21-13-4-11(18)3-12(19)5-13)15-8-24(9-15)14-6-17(26)23(2)20-7-14/h3-7,15H,8-10H2,1-2H3,(H,21,25). The molecule has 2 heterocycles. The zero-order valence-corrected chi connectivity index (χ0v) is 16.0. The lowest BCUT2D eigenvalue weighted by Crippen LogP contribution is -2.59. The largest absolute Gasteiger partial charge is 0.367 e. The van der Waals surface area contributed by atoms with Gasteiger partial charge >= 0.3 is 0 Å². The summed E-state index contributed by atoms with van der Waals surface area (Å²) in [6, 6.07) is 6.71. The first-order valence-corrected chi connectivity index (χ1v) is 8.82. The Kier molecular flexibility index (Phi) is 5.50. The van der Waals surface area contributed by atoms with Gasteiger partial charge in [0, 0.05) is 48.0 Å². The molecule has 0 spiro atoms. The van der Waals surface area contributed by atoms with Crippen LogP contribution in [0, 0.1) is 0 Å². The Labute approximate surface area is 161 Å². The lowest BCUT2D eigenvalue weighted by atomic mass is 10.1. The van der Waals surface area contributed by atoms with Gasteiger partial charge in [0.15, 0.2) is 0 Å². The van der Waals surface area contributed by atoms with Gasteiger partial charge in [-0.2, -0.15) is 5.10 Å². The number of carbonyl (C=O) groups is 1. The molecule has 3 rings (SSSR count). The molecule has 1 N–H and O–H groups in total. The van der Waals surface area contributed by atoms with Crippen LogP contribution in [0.2, 0.25) is 10.0 Å². The first kappa shape index (κ1) is 18.7. The second-order valence-corrected chi connectivity index (χ2v) is 7.23. The summed E-state index contributed by atoms with van der Waals surface area (Å²) in [5.74, 6) is -0.139. The zero-order chi connectivity index (χ0) is 18.8. The van der Waals surface area contributed by atoms with Crippen molar-refractivity contribution < 1.29 is 4.79 Å². The van der Waals surface area contributed by atoms with E-state index >= 15 is 0 Å². The number of aromatic nitrogens is 2. The molecule has 7 nitrogen and oxygen atoms in total. The molecule has 2 aromatic rings. The molecule has 0 saturated carbocycles. The van der Waals surface area contributed by atoms with Gasteiger partial charge in [-0.1, -0.05) is 23.2 Å². The van der Waals surface area contributed by atoms with Crippen molar-refractivity contribution in [1.29, 1.82) is 0 Å². The molecule has 1 aliphatic heterocycles. The van der Waals surface area contributed by atoms with Crippen LogP contribution in [-0.2, 0) is 11.8 Å². The van der Waals surface area contributed by atoms with Crippen LogP contribution in [0.25, 0.3) is 0 Å². The molecular formula is C17H19Cl2N5O2. The maximum absolute atomic E-state index is 12.2. The van der Waals surface area contributed by atoms with Crippen LogP contribution in [0.5, 0.6) is 0 Å². The SMILES string of the molecule is CN(CC(=O)Nc1cc(Cl)cc(Cl)c1)C1CN(c2cnn(C)c(=O)c2)C1. The molecule has 26 heavy (non-hydrogen) atoms. The maximum Gasteiger partial charge on any atom is 0.268 e. The third-order valence-corrected chi connectivity index (χ3v) is 4.78. The van der Waals surface area contributed by atoms with Gasteiger partial charge in [0.1, 0.15) is 0 Å². The maximum atomic E-state index is 12.2. The van der Waals surface area contributed by atoms with Gasteiger partial charge in [0.2, 0.25) is 5.91 Å². The van der Waals surface area contributed by atoms with E-state index < -0.39 is 0 Å². The van der Waals surface area contributed by atoms with E-state index in [9.17, 15) is 9.59 Å². The minimum absolute atomic E-state index is 0.139. The molecule has 0 atom stereocenters. The fourth-order valence-electron chi connectivity index (χ4n) is 2.76. The number of carbonyl (C=O) groups excluding carboxylic acids is 1. The third-order valence-electron chi connectivity index (χ3n) is 4.34. The number of benzene rings is 1. The Morgan fingerprint density at radius 3 is 2.54 bits per heavy atom. The predicted molar refractivity (Wildman–Crippen MR) is 103 cm³/mol. The highest BCUT2D eigenvalue weighted by atomic mass is 35.5. The molecule has 138 valence electrons. The van der Waals surface area contributed by atoms with Crippen LogP contribution in [0.1, 0.15) is 0 Å². The zero-order valence-electron chi connectivity index (χ0n) is 14.4. The minimum atomic E-state index is -0.140. The Balaban J connectivity index is 1.51. The molecular weight excluding hydrogens is 377 g/mol. The van der Waals surface area contributed by atoms with Gasteiger partial charge in [-0.25, -0.2) is 4.68 Å². The Bertz CT molecular complexity index is 859. The molecule has 0 bridgehead atoms. The molecule has 1 amide bonds. The van der Waals surface area contributed by atoms with Gasteiger partial charge < -0.3 is 10.2 Å². The average Bonchev–Trinajstić information content (AvgIpc) is 2.48. The smallest absolute Gasteiger partial charge is 0.268 e. The van der Waals surface area contributed by atoms with E-state index in [2.05, 4.69) is 15.3 Å². The molecule has 1 saturated heterocycles. The van der Waals surface area contributed by atoms with Crippen molar-refractivity contribution in [2.45, 2.75) is 6.04 Å². The summed E-state index contributed by atoms with van der Waals surface area (Å²) < 4.78 is 1.29. The highest BCUT2D eigenvalue weighted by Crippen LogP contribution is 2.23. The summed E-state index contributed by atoms with van der Waals surface area (Å²) in [7, 11) is 3.51. The number of nitrogens with zero attached hydrogens (tertiary/aromatic N) is 4. The fourth-order valence-corrected chi connectivity index (χ4v) is 3.29. The summed E-state index contributed by atoms with van der Waals surface area (Å²) in [5.41, 5.74) is 1.23. The second-order valence-electron chi connectivity index (χ2n) is 6.36. The number of likely N-dealkylation sites (N-methyl/N-ethyl adjacent to an activating group) is 1. The predicted octanol–water partition coefficient (Wildman–Crippen LogP) is 1.85. The van der Waals surface area contributed by atoms with Gasteiger partial charge in [-0.05, 0) is 25.2 Å². The van der Waals surface area contributed by atoms with Gasteiger partial charge in [0.05, 0.1) is 18.4 Å². The van der Waals surface area contributed by atoms with E-state index in [4.69, 9.17) is 23.2 Å². The fraction of sp³-hybridized carbons (Fsp3) is 0.353. The van der Waals surface area contributed by atoms with E-state index in [1.54, 1.807) is 37.5 Å². The van der Waals surface area contributed by atoms with Gasteiger partial charge in [-0.15, -0.1) is 0 Å². The van der Waals surface area contributed by atoms with Crippen LogP contribution in [0.3, 0.4) is 0 Å². The normalized spacial score (nSPS) is 14.4. The van der Waals surface area contributed by atoms with Crippen molar-refractivity contribution in [3.05, 3.63) is 50.9 Å². The Morgan fingerprint density at radius 2 is 1.92 bits per heavy atom.